The van der Waals surface area contributed by atoms with Crippen molar-refractivity contribution in [3.05, 3.63) is 59.7 Å². The van der Waals surface area contributed by atoms with Crippen LogP contribution in [0.2, 0.25) is 0 Å². The van der Waals surface area contributed by atoms with Crippen LogP contribution in [0.5, 0.6) is 11.5 Å². The van der Waals surface area contributed by atoms with E-state index in [-0.39, 0.29) is 17.5 Å². The summed E-state index contributed by atoms with van der Waals surface area (Å²) in [5, 5.41) is 0. The van der Waals surface area contributed by atoms with Gasteiger partial charge in [0.15, 0.2) is 23.1 Å². The van der Waals surface area contributed by atoms with Crippen molar-refractivity contribution < 1.29 is 13.5 Å². The van der Waals surface area contributed by atoms with E-state index in [2.05, 4.69) is 0 Å². The summed E-state index contributed by atoms with van der Waals surface area (Å²) in [5.41, 5.74) is 6.44. The minimum atomic E-state index is -0.526. The predicted molar refractivity (Wildman–Crippen MR) is 70.2 cm³/mol. The summed E-state index contributed by atoms with van der Waals surface area (Å²) in [6, 6.07) is 10.4. The monoisotopic (exact) mass is 263 g/mol. The van der Waals surface area contributed by atoms with Gasteiger partial charge in [-0.3, -0.25) is 0 Å². The van der Waals surface area contributed by atoms with Gasteiger partial charge in [-0.15, -0.1) is 0 Å². The molecule has 100 valence electrons. The Kier molecular flexibility index (Phi) is 4.12. The Bertz CT molecular complexity index is 570. The van der Waals surface area contributed by atoms with E-state index >= 15 is 0 Å². The highest BCUT2D eigenvalue weighted by Crippen LogP contribution is 2.27. The van der Waals surface area contributed by atoms with E-state index in [1.807, 2.05) is 6.92 Å². The first-order chi connectivity index (χ1) is 9.06. The van der Waals surface area contributed by atoms with Crippen molar-refractivity contribution in [2.45, 2.75) is 19.4 Å². The Labute approximate surface area is 110 Å². The van der Waals surface area contributed by atoms with Crippen LogP contribution in [0.15, 0.2) is 42.5 Å². The van der Waals surface area contributed by atoms with Gasteiger partial charge >= 0.3 is 0 Å². The molecule has 0 aliphatic heterocycles. The number of hydrogen-bond donors (Lipinski definition) is 1. The molecule has 2 N–H and O–H groups in total. The molecule has 0 fully saturated rings. The molecule has 2 rings (SSSR count). The van der Waals surface area contributed by atoms with Gasteiger partial charge in [0.2, 0.25) is 0 Å². The van der Waals surface area contributed by atoms with E-state index < -0.39 is 11.6 Å². The highest BCUT2D eigenvalue weighted by molar-refractivity contribution is 5.35. The third-order valence-corrected chi connectivity index (χ3v) is 2.61. The third kappa shape index (κ3) is 3.51. The number of rotatable bonds is 4. The van der Waals surface area contributed by atoms with Crippen molar-refractivity contribution in [1.82, 2.24) is 0 Å². The first kappa shape index (κ1) is 13.5. The maximum Gasteiger partial charge on any atom is 0.165 e. The fraction of sp³-hybridized carbons (Fsp3) is 0.200. The zero-order valence-corrected chi connectivity index (χ0v) is 10.6. The molecule has 1 atom stereocenters. The summed E-state index contributed by atoms with van der Waals surface area (Å²) in [6.45, 7) is 1.85. The highest BCUT2D eigenvalue weighted by atomic mass is 19.1. The Morgan fingerprint density at radius 1 is 1.05 bits per heavy atom. The van der Waals surface area contributed by atoms with Crippen molar-refractivity contribution in [2.24, 2.45) is 5.73 Å². The van der Waals surface area contributed by atoms with Gasteiger partial charge in [0, 0.05) is 6.04 Å². The van der Waals surface area contributed by atoms with Gasteiger partial charge in [0.25, 0.3) is 0 Å². The number of ether oxygens (including phenoxy) is 1. The fourth-order valence-electron chi connectivity index (χ4n) is 1.77. The lowest BCUT2D eigenvalue weighted by atomic mass is 10.1. The molecule has 19 heavy (non-hydrogen) atoms. The molecule has 2 aromatic rings. The van der Waals surface area contributed by atoms with Crippen molar-refractivity contribution in [3.63, 3.8) is 0 Å². The van der Waals surface area contributed by atoms with Crippen LogP contribution in [-0.4, -0.2) is 6.04 Å². The SMILES string of the molecule is CC(N)Cc1ccc(Oc2ccccc2F)c(F)c1. The van der Waals surface area contributed by atoms with Crippen LogP contribution in [0.4, 0.5) is 8.78 Å². The van der Waals surface area contributed by atoms with E-state index in [0.29, 0.717) is 6.42 Å². The lowest BCUT2D eigenvalue weighted by molar-refractivity contribution is 0.414. The molecular weight excluding hydrogens is 248 g/mol. The van der Waals surface area contributed by atoms with E-state index in [9.17, 15) is 8.78 Å². The molecule has 0 aromatic heterocycles. The largest absolute Gasteiger partial charge is 0.451 e. The zero-order valence-electron chi connectivity index (χ0n) is 10.6. The first-order valence-corrected chi connectivity index (χ1v) is 6.02. The zero-order chi connectivity index (χ0) is 13.8. The minimum absolute atomic E-state index is 0.00124. The van der Waals surface area contributed by atoms with Crippen LogP contribution in [0.25, 0.3) is 0 Å². The maximum atomic E-state index is 13.8. The standard InChI is InChI=1S/C15H15F2NO/c1-10(18)8-11-6-7-15(13(17)9-11)19-14-5-3-2-4-12(14)16/h2-7,9-10H,8,18H2,1H3. The Balaban J connectivity index is 2.20. The molecule has 0 bridgehead atoms. The number of halogens is 2. The molecule has 0 amide bonds. The normalized spacial score (nSPS) is 12.2. The van der Waals surface area contributed by atoms with Gasteiger partial charge in [-0.05, 0) is 43.2 Å². The first-order valence-electron chi connectivity index (χ1n) is 6.02. The molecule has 0 saturated carbocycles. The van der Waals surface area contributed by atoms with Crippen molar-refractivity contribution in [1.29, 1.82) is 0 Å². The maximum absolute atomic E-state index is 13.8. The summed E-state index contributed by atoms with van der Waals surface area (Å²) >= 11 is 0. The van der Waals surface area contributed by atoms with Crippen molar-refractivity contribution in [3.8, 4) is 11.5 Å². The van der Waals surface area contributed by atoms with Gasteiger partial charge in [0.1, 0.15) is 0 Å². The quantitative estimate of drug-likeness (QED) is 0.913. The molecule has 0 aliphatic rings. The van der Waals surface area contributed by atoms with Crippen LogP contribution in [-0.2, 0) is 6.42 Å². The van der Waals surface area contributed by atoms with Crippen LogP contribution >= 0.6 is 0 Å². The van der Waals surface area contributed by atoms with Gasteiger partial charge in [-0.1, -0.05) is 18.2 Å². The number of hydrogen-bond acceptors (Lipinski definition) is 2. The average Bonchev–Trinajstić information content (AvgIpc) is 2.34. The van der Waals surface area contributed by atoms with E-state index in [1.54, 1.807) is 18.2 Å². The van der Waals surface area contributed by atoms with E-state index in [0.717, 1.165) is 5.56 Å². The number of benzene rings is 2. The van der Waals surface area contributed by atoms with Crippen LogP contribution in [0.3, 0.4) is 0 Å². The molecule has 1 unspecified atom stereocenters. The van der Waals surface area contributed by atoms with Crippen LogP contribution in [0, 0.1) is 11.6 Å². The lowest BCUT2D eigenvalue weighted by Gasteiger charge is -2.10. The summed E-state index contributed by atoms with van der Waals surface area (Å²) in [7, 11) is 0. The second kappa shape index (κ2) is 5.80. The molecule has 0 heterocycles. The summed E-state index contributed by atoms with van der Waals surface area (Å²) < 4.78 is 32.4. The molecule has 2 nitrogen and oxygen atoms in total. The van der Waals surface area contributed by atoms with Gasteiger partial charge < -0.3 is 10.5 Å². The molecule has 0 spiro atoms. The van der Waals surface area contributed by atoms with E-state index in [4.69, 9.17) is 10.5 Å². The third-order valence-electron chi connectivity index (χ3n) is 2.61. The topological polar surface area (TPSA) is 35.2 Å². The summed E-state index contributed by atoms with van der Waals surface area (Å²) in [4.78, 5) is 0. The highest BCUT2D eigenvalue weighted by Gasteiger charge is 2.09. The van der Waals surface area contributed by atoms with Gasteiger partial charge in [0.05, 0.1) is 0 Å². The number of nitrogens with two attached hydrogens (primary N) is 1. The van der Waals surface area contributed by atoms with Crippen LogP contribution in [0.1, 0.15) is 12.5 Å². The van der Waals surface area contributed by atoms with Gasteiger partial charge in [-0.2, -0.15) is 0 Å². The molecule has 2 aromatic carbocycles. The average molecular weight is 263 g/mol. The number of para-hydroxylation sites is 1. The fourth-order valence-corrected chi connectivity index (χ4v) is 1.77. The molecule has 0 saturated heterocycles. The molecule has 4 heteroatoms. The Morgan fingerprint density at radius 2 is 1.74 bits per heavy atom. The lowest BCUT2D eigenvalue weighted by Crippen LogP contribution is -2.17. The second-order valence-electron chi connectivity index (χ2n) is 4.48. The van der Waals surface area contributed by atoms with Crippen molar-refractivity contribution >= 4 is 0 Å². The summed E-state index contributed by atoms with van der Waals surface area (Å²) in [6.07, 6.45) is 0.580. The van der Waals surface area contributed by atoms with Crippen LogP contribution < -0.4 is 10.5 Å². The Morgan fingerprint density at radius 3 is 2.37 bits per heavy atom. The second-order valence-corrected chi connectivity index (χ2v) is 4.48. The molecule has 0 aliphatic carbocycles. The van der Waals surface area contributed by atoms with Crippen molar-refractivity contribution in [2.75, 3.05) is 0 Å². The van der Waals surface area contributed by atoms with E-state index in [1.165, 1.54) is 24.3 Å². The Hall–Kier alpha value is -1.94. The molecule has 0 radical (unpaired) electrons. The molecular formula is C15H15F2NO. The summed E-state index contributed by atoms with van der Waals surface area (Å²) in [5.74, 6) is -1.05. The predicted octanol–water partition coefficient (Wildman–Crippen LogP) is 3.65. The minimum Gasteiger partial charge on any atom is -0.451 e. The smallest absolute Gasteiger partial charge is 0.165 e. The van der Waals surface area contributed by atoms with Gasteiger partial charge in [-0.25, -0.2) is 8.78 Å².